The van der Waals surface area contributed by atoms with E-state index in [1.165, 1.54) is 11.1 Å². The molecule has 1 aliphatic heterocycles. The maximum absolute atomic E-state index is 12.8. The maximum atomic E-state index is 12.8. The summed E-state index contributed by atoms with van der Waals surface area (Å²) in [5.41, 5.74) is 5.44. The van der Waals surface area contributed by atoms with E-state index < -0.39 is 17.5 Å². The van der Waals surface area contributed by atoms with Gasteiger partial charge in [0.05, 0.1) is 0 Å². The van der Waals surface area contributed by atoms with Gasteiger partial charge in [0.2, 0.25) is 5.91 Å². The van der Waals surface area contributed by atoms with Crippen molar-refractivity contribution >= 4 is 11.8 Å². The average molecular weight is 349 g/mol. The quantitative estimate of drug-likeness (QED) is 0.794. The Labute approximate surface area is 147 Å². The van der Waals surface area contributed by atoms with Crippen LogP contribution in [-0.2, 0) is 4.79 Å². The number of nitrogens with zero attached hydrogens (tertiary/aromatic N) is 3. The van der Waals surface area contributed by atoms with Crippen molar-refractivity contribution in [2.45, 2.75) is 52.1 Å². The van der Waals surface area contributed by atoms with Crippen LogP contribution < -0.4 is 11.3 Å². The van der Waals surface area contributed by atoms with Crippen molar-refractivity contribution in [1.29, 1.82) is 0 Å². The van der Waals surface area contributed by atoms with E-state index in [4.69, 9.17) is 5.73 Å². The zero-order valence-electron chi connectivity index (χ0n) is 15.3. The molecule has 25 heavy (non-hydrogen) atoms. The molecule has 3 N–H and O–H groups in total. The van der Waals surface area contributed by atoms with Gasteiger partial charge >= 0.3 is 0 Å². The number of carbonyl (C=O) groups excluding carboxylic acids is 2. The summed E-state index contributed by atoms with van der Waals surface area (Å²) >= 11 is 0. The Hall–Kier alpha value is -2.22. The molecular formula is C17H27N5O3. The van der Waals surface area contributed by atoms with Crippen LogP contribution in [0.1, 0.15) is 56.2 Å². The maximum Gasteiger partial charge on any atom is 0.263 e. The number of likely N-dealkylation sites (tertiary alicyclic amines) is 1. The van der Waals surface area contributed by atoms with E-state index >= 15 is 0 Å². The number of hydrogen-bond donors (Lipinski definition) is 2. The van der Waals surface area contributed by atoms with Crippen LogP contribution in [0, 0.1) is 0 Å². The van der Waals surface area contributed by atoms with Gasteiger partial charge in [-0.15, -0.1) is 0 Å². The normalized spacial score (nSPS) is 20.2. The Morgan fingerprint density at radius 3 is 2.56 bits per heavy atom. The third-order valence-corrected chi connectivity index (χ3v) is 4.55. The molecule has 0 radical (unpaired) electrons. The van der Waals surface area contributed by atoms with Crippen LogP contribution in [-0.4, -0.2) is 63.3 Å². The molecule has 8 nitrogen and oxygen atoms in total. The summed E-state index contributed by atoms with van der Waals surface area (Å²) in [5.74, 6) is -0.0542. The topological polar surface area (TPSA) is 112 Å². The van der Waals surface area contributed by atoms with E-state index in [2.05, 4.69) is 9.97 Å². The van der Waals surface area contributed by atoms with Crippen LogP contribution in [0.25, 0.3) is 0 Å². The lowest BCUT2D eigenvalue weighted by atomic mass is 10.1. The van der Waals surface area contributed by atoms with E-state index in [9.17, 15) is 14.4 Å². The number of likely N-dealkylation sites (N-methyl/N-ethyl adjacent to an activating group) is 1. The van der Waals surface area contributed by atoms with Gasteiger partial charge in [0.1, 0.15) is 17.4 Å². The van der Waals surface area contributed by atoms with Crippen LogP contribution in [0.15, 0.2) is 11.0 Å². The van der Waals surface area contributed by atoms with Crippen LogP contribution >= 0.6 is 0 Å². The van der Waals surface area contributed by atoms with Crippen molar-refractivity contribution in [2.75, 3.05) is 19.6 Å². The second kappa shape index (κ2) is 7.77. The monoisotopic (exact) mass is 349 g/mol. The largest absolute Gasteiger partial charge is 0.341 e. The van der Waals surface area contributed by atoms with Crippen LogP contribution in [0.3, 0.4) is 0 Å². The second-order valence-electron chi connectivity index (χ2n) is 6.65. The van der Waals surface area contributed by atoms with E-state index in [1.807, 2.05) is 27.7 Å². The molecule has 1 aromatic heterocycles. The fraction of sp³-hybridized carbons (Fsp3) is 0.647. The average Bonchev–Trinajstić information content (AvgIpc) is 2.97. The van der Waals surface area contributed by atoms with E-state index in [1.54, 1.807) is 4.90 Å². The number of hydrogen-bond acceptors (Lipinski definition) is 5. The second-order valence-corrected chi connectivity index (χ2v) is 6.65. The molecule has 0 unspecified atom stereocenters. The molecule has 2 heterocycles. The van der Waals surface area contributed by atoms with Gasteiger partial charge in [0, 0.05) is 37.8 Å². The third kappa shape index (κ3) is 3.89. The van der Waals surface area contributed by atoms with Gasteiger partial charge in [-0.05, 0) is 20.3 Å². The van der Waals surface area contributed by atoms with E-state index in [0.29, 0.717) is 25.3 Å². The Kier molecular flexibility index (Phi) is 5.94. The first-order valence-corrected chi connectivity index (χ1v) is 8.74. The number of amides is 2. The summed E-state index contributed by atoms with van der Waals surface area (Å²) in [6, 6.07) is -0.915. The molecule has 2 atom stereocenters. The van der Waals surface area contributed by atoms with E-state index in [-0.39, 0.29) is 30.0 Å². The van der Waals surface area contributed by atoms with Gasteiger partial charge in [-0.3, -0.25) is 14.4 Å². The number of rotatable bonds is 5. The molecule has 8 heteroatoms. The highest BCUT2D eigenvalue weighted by molar-refractivity contribution is 5.97. The molecule has 0 bridgehead atoms. The highest BCUT2D eigenvalue weighted by atomic mass is 16.2. The Morgan fingerprint density at radius 2 is 2.04 bits per heavy atom. The van der Waals surface area contributed by atoms with Crippen molar-refractivity contribution in [1.82, 2.24) is 19.8 Å². The Bertz CT molecular complexity index is 696. The molecule has 1 aliphatic rings. The fourth-order valence-electron chi connectivity index (χ4n) is 3.08. The van der Waals surface area contributed by atoms with Gasteiger partial charge in [0.25, 0.3) is 11.5 Å². The highest BCUT2D eigenvalue weighted by Gasteiger charge is 2.40. The summed E-state index contributed by atoms with van der Waals surface area (Å²) in [6.07, 6.45) is 1.69. The molecular weight excluding hydrogens is 322 g/mol. The predicted molar refractivity (Wildman–Crippen MR) is 94.3 cm³/mol. The van der Waals surface area contributed by atoms with Gasteiger partial charge in [-0.25, -0.2) is 4.98 Å². The Morgan fingerprint density at radius 1 is 1.40 bits per heavy atom. The molecule has 1 aromatic rings. The molecule has 2 amide bonds. The number of aromatic amines is 1. The lowest BCUT2D eigenvalue weighted by Crippen LogP contribution is -2.48. The summed E-state index contributed by atoms with van der Waals surface area (Å²) in [4.78, 5) is 47.7. The molecule has 0 aromatic carbocycles. The van der Waals surface area contributed by atoms with Gasteiger partial charge in [-0.1, -0.05) is 13.8 Å². The van der Waals surface area contributed by atoms with Gasteiger partial charge in [-0.2, -0.15) is 0 Å². The zero-order valence-corrected chi connectivity index (χ0v) is 15.3. The SMILES string of the molecule is CCN(CC)C(=O)[C@@H]1C[C@H](N)CN1C(=O)c1cnc(C(C)C)[nH]c1=O. The lowest BCUT2D eigenvalue weighted by Gasteiger charge is -2.28. The van der Waals surface area contributed by atoms with Crippen molar-refractivity contribution in [2.24, 2.45) is 5.73 Å². The van der Waals surface area contributed by atoms with E-state index in [0.717, 1.165) is 0 Å². The summed E-state index contributed by atoms with van der Waals surface area (Å²) in [7, 11) is 0. The predicted octanol–water partition coefficient (Wildman–Crippen LogP) is 0.304. The number of nitrogens with one attached hydrogen (secondary N) is 1. The zero-order chi connectivity index (χ0) is 18.7. The third-order valence-electron chi connectivity index (χ3n) is 4.55. The number of H-pyrrole nitrogens is 1. The molecule has 0 spiro atoms. The van der Waals surface area contributed by atoms with Crippen LogP contribution in [0.5, 0.6) is 0 Å². The molecule has 0 aliphatic carbocycles. The van der Waals surface area contributed by atoms with Crippen LogP contribution in [0.2, 0.25) is 0 Å². The van der Waals surface area contributed by atoms with Crippen molar-refractivity contribution < 1.29 is 9.59 Å². The standard InChI is InChI=1S/C17H27N5O3/c1-5-21(6-2)17(25)13-7-11(18)9-22(13)16(24)12-8-19-14(10(3)4)20-15(12)23/h8,10-11,13H,5-7,9,18H2,1-4H3,(H,19,20,23)/t11-,13-/m0/s1. The highest BCUT2D eigenvalue weighted by Crippen LogP contribution is 2.21. The molecule has 1 saturated heterocycles. The minimum absolute atomic E-state index is 0.0500. The minimum Gasteiger partial charge on any atom is -0.341 e. The molecule has 0 saturated carbocycles. The summed E-state index contributed by atoms with van der Waals surface area (Å²) in [5, 5.41) is 0. The Balaban J connectivity index is 2.30. The van der Waals surface area contributed by atoms with Crippen molar-refractivity contribution in [3.05, 3.63) is 27.9 Å². The summed E-state index contributed by atoms with van der Waals surface area (Å²) < 4.78 is 0. The smallest absolute Gasteiger partial charge is 0.263 e. The first-order valence-electron chi connectivity index (χ1n) is 8.74. The van der Waals surface area contributed by atoms with Crippen molar-refractivity contribution in [3.8, 4) is 0 Å². The molecule has 1 fully saturated rings. The fourth-order valence-corrected chi connectivity index (χ4v) is 3.08. The molecule has 2 rings (SSSR count). The van der Waals surface area contributed by atoms with Gasteiger partial charge < -0.3 is 20.5 Å². The minimum atomic E-state index is -0.633. The number of aromatic nitrogens is 2. The molecule has 138 valence electrons. The number of carbonyl (C=O) groups is 2. The first-order chi connectivity index (χ1) is 11.8. The lowest BCUT2D eigenvalue weighted by molar-refractivity contribution is -0.134. The van der Waals surface area contributed by atoms with Crippen LogP contribution in [0.4, 0.5) is 0 Å². The van der Waals surface area contributed by atoms with Crippen molar-refractivity contribution in [3.63, 3.8) is 0 Å². The first kappa shape index (κ1) is 19.1. The number of nitrogens with two attached hydrogens (primary N) is 1. The summed E-state index contributed by atoms with van der Waals surface area (Å²) in [6.45, 7) is 8.96. The van der Waals surface area contributed by atoms with Gasteiger partial charge in [0.15, 0.2) is 0 Å².